The van der Waals surface area contributed by atoms with Crippen LogP contribution in [0, 0.1) is 16.0 Å². The molecule has 3 heterocycles. The number of ether oxygens (including phenoxy) is 1. The number of methoxy groups -OCH3 is 1. The molecule has 43 heavy (non-hydrogen) atoms. The number of thioether (sulfide) groups is 1. The first-order valence-electron chi connectivity index (χ1n) is 12.9. The fourth-order valence-corrected chi connectivity index (χ4v) is 8.12. The van der Waals surface area contributed by atoms with Gasteiger partial charge in [0.1, 0.15) is 11.8 Å². The number of imide groups is 1. The maximum atomic E-state index is 14.0. The average Bonchev–Trinajstić information content (AvgIpc) is 3.44. The topological polar surface area (TPSA) is 161 Å². The second-order valence-electron chi connectivity index (χ2n) is 9.80. The van der Waals surface area contributed by atoms with Gasteiger partial charge in [0.25, 0.3) is 5.69 Å². The zero-order valence-corrected chi connectivity index (χ0v) is 24.0. The van der Waals surface area contributed by atoms with E-state index in [1.165, 1.54) is 42.0 Å². The summed E-state index contributed by atoms with van der Waals surface area (Å²) < 4.78 is 6.60. The lowest BCUT2D eigenvalue weighted by atomic mass is 9.83. The van der Waals surface area contributed by atoms with Gasteiger partial charge in [0.2, 0.25) is 17.7 Å². The summed E-state index contributed by atoms with van der Waals surface area (Å²) in [6.07, 6.45) is 0. The Morgan fingerprint density at radius 3 is 2.44 bits per heavy atom. The molecule has 2 aliphatic rings. The molecule has 12 nitrogen and oxygen atoms in total. The highest BCUT2D eigenvalue weighted by Gasteiger charge is 2.57. The van der Waals surface area contributed by atoms with Gasteiger partial charge in [0.05, 0.1) is 28.7 Å². The van der Waals surface area contributed by atoms with Crippen LogP contribution in [0.5, 0.6) is 11.5 Å². The summed E-state index contributed by atoms with van der Waals surface area (Å²) in [7, 11) is 1.38. The van der Waals surface area contributed by atoms with Gasteiger partial charge in [-0.1, -0.05) is 47.4 Å². The number of phenols is 1. The highest BCUT2D eigenvalue weighted by Crippen LogP contribution is 2.54. The smallest absolute Gasteiger partial charge is 0.308 e. The Kier molecular flexibility index (Phi) is 7.23. The number of anilines is 2. The lowest BCUT2D eigenvalue weighted by Crippen LogP contribution is -2.33. The summed E-state index contributed by atoms with van der Waals surface area (Å²) in [5.74, 6) is -3.24. The van der Waals surface area contributed by atoms with E-state index < -0.39 is 44.6 Å². The van der Waals surface area contributed by atoms with Crippen LogP contribution in [0.25, 0.3) is 0 Å². The van der Waals surface area contributed by atoms with Gasteiger partial charge in [0.15, 0.2) is 11.5 Å². The summed E-state index contributed by atoms with van der Waals surface area (Å²) in [5, 5.41) is 23.6. The third-order valence-electron chi connectivity index (χ3n) is 7.29. The van der Waals surface area contributed by atoms with Gasteiger partial charge in [-0.15, -0.1) is 0 Å². The van der Waals surface area contributed by atoms with Gasteiger partial charge in [-0.3, -0.25) is 33.9 Å². The number of phenolic OH excluding ortho intramolecular Hbond substituents is 1. The van der Waals surface area contributed by atoms with E-state index in [0.717, 1.165) is 28.0 Å². The molecular formula is C29H22N4O8S2. The first-order valence-corrected chi connectivity index (χ1v) is 14.6. The zero-order chi connectivity index (χ0) is 30.4. The number of amides is 3. The average molecular weight is 619 g/mol. The molecule has 0 spiro atoms. The number of aromatic nitrogens is 1. The van der Waals surface area contributed by atoms with Gasteiger partial charge in [-0.2, -0.15) is 0 Å². The standard InChI is InChI=1S/C29H22N4O8S2/c1-41-20-13-15(7-12-19(20)34)22-23-24(27(37)32(26(23)36)17-8-10-18(11-9-17)33(39)40)42-28-25(22)43-29(38)31(28)14-21(35)30-16-5-3-2-4-6-16/h2-13,22-24,34H,14H2,1H3,(H,30,35). The molecule has 1 saturated heterocycles. The van der Waals surface area contributed by atoms with Crippen LogP contribution < -0.4 is 19.8 Å². The summed E-state index contributed by atoms with van der Waals surface area (Å²) in [5.41, 5.74) is 1.08. The molecule has 218 valence electrons. The lowest BCUT2D eigenvalue weighted by Gasteiger charge is -2.31. The Bertz CT molecular complexity index is 1840. The molecule has 2 aliphatic heterocycles. The lowest BCUT2D eigenvalue weighted by molar-refractivity contribution is -0.384. The normalized spacial score (nSPS) is 19.1. The van der Waals surface area contributed by atoms with Crippen LogP contribution >= 0.6 is 23.1 Å². The Morgan fingerprint density at radius 1 is 1.05 bits per heavy atom. The number of nitrogens with one attached hydrogen (secondary N) is 1. The van der Waals surface area contributed by atoms with Gasteiger partial charge in [-0.05, 0) is 42.0 Å². The highest BCUT2D eigenvalue weighted by molar-refractivity contribution is 8.00. The van der Waals surface area contributed by atoms with E-state index in [1.54, 1.807) is 42.5 Å². The van der Waals surface area contributed by atoms with Crippen molar-refractivity contribution in [3.63, 3.8) is 0 Å². The maximum Gasteiger partial charge on any atom is 0.308 e. The number of hydrogen-bond acceptors (Lipinski definition) is 10. The molecule has 0 aliphatic carbocycles. The number of thiazole rings is 1. The molecule has 3 aromatic carbocycles. The van der Waals surface area contributed by atoms with E-state index in [1.807, 2.05) is 0 Å². The third-order valence-corrected chi connectivity index (χ3v) is 9.89. The van der Waals surface area contributed by atoms with Crippen molar-refractivity contribution in [2.24, 2.45) is 5.92 Å². The molecule has 3 atom stereocenters. The Labute approximate surface area is 251 Å². The van der Waals surface area contributed by atoms with Crippen LogP contribution in [-0.2, 0) is 20.9 Å². The maximum absolute atomic E-state index is 14.0. The summed E-state index contributed by atoms with van der Waals surface area (Å²) >= 11 is 1.93. The third kappa shape index (κ3) is 4.93. The van der Waals surface area contributed by atoms with Crippen molar-refractivity contribution in [2.75, 3.05) is 17.3 Å². The number of carbonyl (C=O) groups is 3. The van der Waals surface area contributed by atoms with Crippen LogP contribution in [0.1, 0.15) is 16.4 Å². The molecule has 0 bridgehead atoms. The second kappa shape index (κ2) is 11.0. The Hall–Kier alpha value is -4.95. The van der Waals surface area contributed by atoms with E-state index in [9.17, 15) is 34.4 Å². The number of carbonyl (C=O) groups excluding carboxylic acids is 3. The summed E-state index contributed by atoms with van der Waals surface area (Å²) in [6, 6.07) is 18.4. The van der Waals surface area contributed by atoms with Crippen molar-refractivity contribution in [3.8, 4) is 11.5 Å². The van der Waals surface area contributed by atoms with Crippen molar-refractivity contribution < 1.29 is 29.2 Å². The molecule has 6 rings (SSSR count). The van der Waals surface area contributed by atoms with Gasteiger partial charge in [-0.25, -0.2) is 4.90 Å². The zero-order valence-electron chi connectivity index (χ0n) is 22.3. The van der Waals surface area contributed by atoms with Crippen LogP contribution in [-0.4, -0.2) is 44.7 Å². The molecular weight excluding hydrogens is 596 g/mol. The monoisotopic (exact) mass is 618 g/mol. The number of non-ortho nitro benzene ring substituents is 1. The summed E-state index contributed by atoms with van der Waals surface area (Å²) in [4.78, 5) is 65.7. The minimum absolute atomic E-state index is 0.127. The van der Waals surface area contributed by atoms with Crippen molar-refractivity contribution in [2.45, 2.75) is 22.7 Å². The molecule has 0 saturated carbocycles. The fourth-order valence-electron chi connectivity index (χ4n) is 5.35. The number of hydrogen-bond donors (Lipinski definition) is 2. The minimum atomic E-state index is -0.961. The van der Waals surface area contributed by atoms with E-state index in [4.69, 9.17) is 4.74 Å². The molecule has 3 amide bonds. The van der Waals surface area contributed by atoms with Gasteiger partial charge < -0.3 is 15.2 Å². The number of aromatic hydroxyl groups is 1. The highest BCUT2D eigenvalue weighted by atomic mass is 32.2. The van der Waals surface area contributed by atoms with Crippen LogP contribution in [0.2, 0.25) is 0 Å². The molecule has 4 aromatic rings. The Morgan fingerprint density at radius 2 is 1.77 bits per heavy atom. The van der Waals surface area contributed by atoms with E-state index in [-0.39, 0.29) is 29.4 Å². The summed E-state index contributed by atoms with van der Waals surface area (Å²) in [6.45, 7) is -0.316. The van der Waals surface area contributed by atoms with Crippen LogP contribution in [0.15, 0.2) is 82.6 Å². The van der Waals surface area contributed by atoms with Crippen molar-refractivity contribution in [3.05, 3.63) is 103 Å². The molecule has 2 N–H and O–H groups in total. The molecule has 1 aromatic heterocycles. The largest absolute Gasteiger partial charge is 0.504 e. The quantitative estimate of drug-likeness (QED) is 0.177. The number of benzene rings is 3. The van der Waals surface area contributed by atoms with E-state index in [0.29, 0.717) is 21.2 Å². The number of fused-ring (bicyclic) bond motifs is 2. The number of rotatable bonds is 7. The molecule has 0 radical (unpaired) electrons. The number of nitro benzene ring substituents is 1. The van der Waals surface area contributed by atoms with Crippen LogP contribution in [0.4, 0.5) is 17.1 Å². The van der Waals surface area contributed by atoms with E-state index >= 15 is 0 Å². The Balaban J connectivity index is 1.43. The minimum Gasteiger partial charge on any atom is -0.504 e. The van der Waals surface area contributed by atoms with E-state index in [2.05, 4.69) is 5.32 Å². The SMILES string of the molecule is COc1cc(C2c3sc(=O)n(CC(=O)Nc4ccccc4)c3SC3C(=O)N(c4ccc([N+](=O)[O-])cc4)C(=O)C32)ccc1O. The van der Waals surface area contributed by atoms with Crippen molar-refractivity contribution >= 4 is 57.9 Å². The molecule has 1 fully saturated rings. The number of nitro groups is 1. The van der Waals surface area contributed by atoms with Gasteiger partial charge >= 0.3 is 4.87 Å². The second-order valence-corrected chi connectivity index (χ2v) is 11.9. The first-order chi connectivity index (χ1) is 20.7. The predicted octanol–water partition coefficient (Wildman–Crippen LogP) is 3.97. The van der Waals surface area contributed by atoms with Crippen molar-refractivity contribution in [1.82, 2.24) is 4.57 Å². The molecule has 14 heteroatoms. The van der Waals surface area contributed by atoms with Gasteiger partial charge in [0, 0.05) is 28.6 Å². The number of para-hydroxylation sites is 1. The van der Waals surface area contributed by atoms with Crippen LogP contribution in [0.3, 0.4) is 0 Å². The first kappa shape index (κ1) is 28.2. The predicted molar refractivity (Wildman–Crippen MR) is 159 cm³/mol. The van der Waals surface area contributed by atoms with Crippen molar-refractivity contribution in [1.29, 1.82) is 0 Å². The fraction of sp³-hybridized carbons (Fsp3) is 0.172. The molecule has 3 unspecified atom stereocenters. The number of nitrogens with zero attached hydrogens (tertiary/aromatic N) is 3.